The van der Waals surface area contributed by atoms with Crippen LogP contribution in [0, 0.1) is 5.92 Å². The van der Waals surface area contributed by atoms with Gasteiger partial charge >= 0.3 is 0 Å². The van der Waals surface area contributed by atoms with Crippen molar-refractivity contribution in [2.24, 2.45) is 5.92 Å². The van der Waals surface area contributed by atoms with Gasteiger partial charge in [-0.25, -0.2) is 0 Å². The van der Waals surface area contributed by atoms with Gasteiger partial charge in [0.25, 0.3) is 5.91 Å². The number of hydrogen-bond donors (Lipinski definition) is 4. The highest BCUT2D eigenvalue weighted by Crippen LogP contribution is 2.25. The van der Waals surface area contributed by atoms with Crippen molar-refractivity contribution < 1.29 is 28.7 Å². The molecule has 2 heterocycles. The maximum atomic E-state index is 13.5. The van der Waals surface area contributed by atoms with Gasteiger partial charge in [-0.3, -0.25) is 23.9 Å². The van der Waals surface area contributed by atoms with Gasteiger partial charge in [0.1, 0.15) is 35.3 Å². The van der Waals surface area contributed by atoms with Crippen LogP contribution in [0.3, 0.4) is 0 Å². The van der Waals surface area contributed by atoms with Gasteiger partial charge in [-0.2, -0.15) is 0 Å². The summed E-state index contributed by atoms with van der Waals surface area (Å²) < 4.78 is 12.9. The molecule has 3 aromatic rings. The molecule has 45 heavy (non-hydrogen) atoms. The van der Waals surface area contributed by atoms with E-state index < -0.39 is 41.8 Å². The first kappa shape index (κ1) is 33.0. The summed E-state index contributed by atoms with van der Waals surface area (Å²) in [5.41, 5.74) is 1.61. The number of aryl methyl sites for hydroxylation is 1. The van der Waals surface area contributed by atoms with Crippen LogP contribution in [0.4, 0.5) is 0 Å². The van der Waals surface area contributed by atoms with Crippen molar-refractivity contribution in [1.29, 1.82) is 0 Å². The number of fused-ring (bicyclic) bond motifs is 3. The van der Waals surface area contributed by atoms with E-state index in [0.717, 1.165) is 5.56 Å². The number of nitrogens with one attached hydrogen (secondary N) is 4. The summed E-state index contributed by atoms with van der Waals surface area (Å²) in [4.78, 5) is 53.6. The molecule has 0 radical (unpaired) electrons. The normalized spacial score (nSPS) is 20.4. The van der Waals surface area contributed by atoms with Gasteiger partial charge in [-0.15, -0.1) is 5.10 Å². The predicted molar refractivity (Wildman–Crippen MR) is 165 cm³/mol. The molecular weight excluding hydrogens is 578 g/mol. The molecule has 0 spiro atoms. The van der Waals surface area contributed by atoms with Crippen LogP contribution in [0.15, 0.2) is 54.7 Å². The van der Waals surface area contributed by atoms with Crippen LogP contribution in [0.25, 0.3) is 0 Å². The van der Waals surface area contributed by atoms with Crippen LogP contribution in [0.2, 0.25) is 0 Å². The predicted octanol–water partition coefficient (Wildman–Crippen LogP) is 1.76. The number of methoxy groups -OCH3 is 1. The molecule has 4 rings (SSSR count). The molecule has 4 amide bonds. The molecule has 0 unspecified atom stereocenters. The van der Waals surface area contributed by atoms with Gasteiger partial charge in [0.05, 0.1) is 32.0 Å². The lowest BCUT2D eigenvalue weighted by molar-refractivity contribution is -0.132. The third-order valence-corrected chi connectivity index (χ3v) is 7.25. The number of ether oxygens (including phenoxy) is 2. The molecular formula is C32H41N7O6. The number of benzene rings is 2. The molecule has 3 atom stereocenters. The van der Waals surface area contributed by atoms with Crippen molar-refractivity contribution in [2.45, 2.75) is 71.2 Å². The number of carbonyl (C=O) groups is 4. The molecule has 0 saturated heterocycles. The minimum atomic E-state index is -1.00. The Labute approximate surface area is 262 Å². The van der Waals surface area contributed by atoms with Crippen molar-refractivity contribution in [3.8, 4) is 11.5 Å². The average Bonchev–Trinajstić information content (AvgIpc) is 3.48. The minimum absolute atomic E-state index is 0.0526. The Bertz CT molecular complexity index is 1480. The monoisotopic (exact) mass is 619 g/mol. The molecule has 13 nitrogen and oxygen atoms in total. The number of nitrogens with zero attached hydrogens (tertiary/aromatic N) is 3. The summed E-state index contributed by atoms with van der Waals surface area (Å²) in [6.45, 7) is 6.27. The number of hydrogen-bond acceptors (Lipinski definition) is 8. The van der Waals surface area contributed by atoms with Crippen molar-refractivity contribution in [3.05, 3.63) is 71.5 Å². The zero-order valence-corrected chi connectivity index (χ0v) is 26.0. The van der Waals surface area contributed by atoms with E-state index in [4.69, 9.17) is 9.47 Å². The summed E-state index contributed by atoms with van der Waals surface area (Å²) in [7, 11) is 1.50. The standard InChI is InChI=1S/C32H41N7O6/c1-20(2)15-26-32(43)34-21(3)29(40)35-27(16-22-9-6-5-7-10-22)31(42)33-18-23-19-39(38-37-23)13-8-14-45-28-12-11-24(44-4)17-25(28)30(41)36-26/h5-7,9-12,17,19-21,26-27H,8,13-16,18H2,1-4H3,(H,33,42)(H,34,43)(H,35,40)(H,36,41)/t21-,26+,27-/m0/s1. The zero-order valence-electron chi connectivity index (χ0n) is 26.0. The Morgan fingerprint density at radius 2 is 1.76 bits per heavy atom. The molecule has 2 bridgehead atoms. The van der Waals surface area contributed by atoms with Gasteiger partial charge in [0, 0.05) is 19.4 Å². The quantitative estimate of drug-likeness (QED) is 0.336. The van der Waals surface area contributed by atoms with Crippen LogP contribution in [0.1, 0.15) is 55.2 Å². The number of carbonyl (C=O) groups excluding carboxylic acids is 4. The molecule has 0 aliphatic carbocycles. The van der Waals surface area contributed by atoms with Crippen molar-refractivity contribution in [1.82, 2.24) is 36.3 Å². The lowest BCUT2D eigenvalue weighted by Gasteiger charge is -2.24. The van der Waals surface area contributed by atoms with Crippen LogP contribution in [-0.4, -0.2) is 70.5 Å². The van der Waals surface area contributed by atoms with E-state index >= 15 is 0 Å². The van der Waals surface area contributed by atoms with Crippen LogP contribution in [-0.2, 0) is 33.9 Å². The van der Waals surface area contributed by atoms with Crippen LogP contribution >= 0.6 is 0 Å². The third-order valence-electron chi connectivity index (χ3n) is 7.25. The van der Waals surface area contributed by atoms with Crippen LogP contribution in [0.5, 0.6) is 11.5 Å². The van der Waals surface area contributed by atoms with E-state index in [0.29, 0.717) is 36.6 Å². The fourth-order valence-corrected chi connectivity index (χ4v) is 4.85. The van der Waals surface area contributed by atoms with Gasteiger partial charge in [-0.1, -0.05) is 49.4 Å². The van der Waals surface area contributed by atoms with E-state index in [1.54, 1.807) is 29.1 Å². The molecule has 1 aromatic heterocycles. The second-order valence-electron chi connectivity index (χ2n) is 11.4. The van der Waals surface area contributed by atoms with Gasteiger partial charge in [0.15, 0.2) is 0 Å². The molecule has 1 aliphatic heterocycles. The Morgan fingerprint density at radius 1 is 0.978 bits per heavy atom. The zero-order chi connectivity index (χ0) is 32.3. The highest BCUT2D eigenvalue weighted by atomic mass is 16.5. The van der Waals surface area contributed by atoms with Crippen molar-refractivity contribution in [2.75, 3.05) is 13.7 Å². The highest BCUT2D eigenvalue weighted by Gasteiger charge is 2.29. The van der Waals surface area contributed by atoms with E-state index in [9.17, 15) is 19.2 Å². The first-order valence-electron chi connectivity index (χ1n) is 15.1. The number of rotatable bonds is 5. The van der Waals surface area contributed by atoms with Crippen molar-refractivity contribution in [3.63, 3.8) is 0 Å². The molecule has 0 saturated carbocycles. The van der Waals surface area contributed by atoms with Gasteiger partial charge in [-0.05, 0) is 43.0 Å². The SMILES string of the molecule is COc1ccc2c(c1)C(=O)N[C@H](CC(C)C)C(=O)N[C@@H](C)C(=O)N[C@@H](Cc1ccccc1)C(=O)NCc1cn(nn1)CCCO2. The van der Waals surface area contributed by atoms with Gasteiger partial charge < -0.3 is 30.7 Å². The lowest BCUT2D eigenvalue weighted by atomic mass is 10.0. The number of amides is 4. The summed E-state index contributed by atoms with van der Waals surface area (Å²) in [5.74, 6) is -1.15. The molecule has 240 valence electrons. The van der Waals surface area contributed by atoms with Crippen LogP contribution < -0.4 is 30.7 Å². The van der Waals surface area contributed by atoms with E-state index in [2.05, 4.69) is 31.6 Å². The third kappa shape index (κ3) is 9.52. The smallest absolute Gasteiger partial charge is 0.255 e. The highest BCUT2D eigenvalue weighted by molar-refractivity contribution is 6.00. The van der Waals surface area contributed by atoms with E-state index in [-0.39, 0.29) is 31.1 Å². The maximum absolute atomic E-state index is 13.5. The number of aromatic nitrogens is 3. The topological polar surface area (TPSA) is 166 Å². The summed E-state index contributed by atoms with van der Waals surface area (Å²) in [5, 5.41) is 19.4. The maximum Gasteiger partial charge on any atom is 0.255 e. The second kappa shape index (κ2) is 15.7. The molecule has 1 aliphatic rings. The Morgan fingerprint density at radius 3 is 2.49 bits per heavy atom. The molecule has 13 heteroatoms. The second-order valence-corrected chi connectivity index (χ2v) is 11.4. The molecule has 0 fully saturated rings. The summed E-state index contributed by atoms with van der Waals surface area (Å²) in [6.07, 6.45) is 2.85. The Hall–Kier alpha value is -4.94. The van der Waals surface area contributed by atoms with E-state index in [1.165, 1.54) is 14.0 Å². The largest absolute Gasteiger partial charge is 0.497 e. The summed E-state index contributed by atoms with van der Waals surface area (Å²) >= 11 is 0. The summed E-state index contributed by atoms with van der Waals surface area (Å²) in [6, 6.07) is 11.3. The average molecular weight is 620 g/mol. The molecule has 4 N–H and O–H groups in total. The fraction of sp³-hybridized carbons (Fsp3) is 0.438. The lowest BCUT2D eigenvalue weighted by Crippen LogP contribution is -2.56. The fourth-order valence-electron chi connectivity index (χ4n) is 4.85. The van der Waals surface area contributed by atoms with E-state index in [1.807, 2.05) is 44.2 Å². The Kier molecular flexibility index (Phi) is 11.5. The first-order chi connectivity index (χ1) is 21.6. The Balaban J connectivity index is 1.61. The van der Waals surface area contributed by atoms with Crippen molar-refractivity contribution >= 4 is 23.6 Å². The molecule has 2 aromatic carbocycles. The first-order valence-corrected chi connectivity index (χ1v) is 15.1. The minimum Gasteiger partial charge on any atom is -0.497 e. The van der Waals surface area contributed by atoms with Gasteiger partial charge in [0.2, 0.25) is 17.7 Å².